The van der Waals surface area contributed by atoms with Gasteiger partial charge in [0.1, 0.15) is 29.6 Å². The molecule has 1 aromatic carbocycles. The summed E-state index contributed by atoms with van der Waals surface area (Å²) in [6, 6.07) is 13.5. The summed E-state index contributed by atoms with van der Waals surface area (Å²) in [5.41, 5.74) is 1.75. The van der Waals surface area contributed by atoms with Gasteiger partial charge in [0, 0.05) is 24.7 Å². The fraction of sp³-hybridized carbons (Fsp3) is 0.238. The molecule has 0 aliphatic carbocycles. The van der Waals surface area contributed by atoms with Crippen molar-refractivity contribution in [3.05, 3.63) is 65.7 Å². The lowest BCUT2D eigenvalue weighted by Gasteiger charge is -2.11. The van der Waals surface area contributed by atoms with E-state index < -0.39 is 12.0 Å². The van der Waals surface area contributed by atoms with Gasteiger partial charge in [-0.15, -0.1) is 10.2 Å². The van der Waals surface area contributed by atoms with E-state index in [4.69, 9.17) is 4.74 Å². The minimum absolute atomic E-state index is 0.0754. The Morgan fingerprint density at radius 2 is 2.03 bits per heavy atom. The predicted molar refractivity (Wildman–Crippen MR) is 105 cm³/mol. The number of halogens is 2. The van der Waals surface area contributed by atoms with Gasteiger partial charge < -0.3 is 10.1 Å². The largest absolute Gasteiger partial charge is 0.495 e. The molecule has 0 bridgehead atoms. The van der Waals surface area contributed by atoms with Crippen LogP contribution >= 0.6 is 0 Å². The zero-order chi connectivity index (χ0) is 20.6. The first kappa shape index (κ1) is 20.1. The Balaban J connectivity index is 1.58. The molecule has 29 heavy (non-hydrogen) atoms. The third-order valence-electron chi connectivity index (χ3n) is 4.29. The van der Waals surface area contributed by atoms with Crippen molar-refractivity contribution in [3.63, 3.8) is 0 Å². The summed E-state index contributed by atoms with van der Waals surface area (Å²) in [5, 5.41) is 20.4. The van der Waals surface area contributed by atoms with E-state index in [9.17, 15) is 14.0 Å². The Kier molecular flexibility index (Phi) is 6.63. The molecule has 3 aromatic rings. The molecular formula is C21H19F2N5O. The molecule has 0 aliphatic heterocycles. The van der Waals surface area contributed by atoms with E-state index in [1.54, 1.807) is 30.3 Å². The molecular weight excluding hydrogens is 376 g/mol. The van der Waals surface area contributed by atoms with Crippen LogP contribution in [0.1, 0.15) is 17.7 Å². The Labute approximate surface area is 167 Å². The molecule has 0 saturated carbocycles. The van der Waals surface area contributed by atoms with Crippen LogP contribution in [-0.2, 0) is 6.42 Å². The lowest BCUT2D eigenvalue weighted by Crippen LogP contribution is -2.14. The molecule has 6 nitrogen and oxygen atoms in total. The first-order chi connectivity index (χ1) is 14.1. The second-order valence-electron chi connectivity index (χ2n) is 6.25. The number of hydrogen-bond acceptors (Lipinski definition) is 6. The van der Waals surface area contributed by atoms with Crippen LogP contribution in [0, 0.1) is 17.1 Å². The van der Waals surface area contributed by atoms with Crippen LogP contribution in [0.4, 0.5) is 14.6 Å². The van der Waals surface area contributed by atoms with Crippen molar-refractivity contribution in [2.45, 2.75) is 19.0 Å². The molecule has 0 radical (unpaired) electrons. The number of methoxy groups -OCH3 is 1. The maximum atomic E-state index is 14.1. The molecule has 1 atom stereocenters. The summed E-state index contributed by atoms with van der Waals surface area (Å²) in [4.78, 5) is 3.86. The zero-order valence-corrected chi connectivity index (χ0v) is 15.8. The van der Waals surface area contributed by atoms with Crippen molar-refractivity contribution in [1.82, 2.24) is 15.2 Å². The van der Waals surface area contributed by atoms with E-state index in [1.165, 1.54) is 25.4 Å². The minimum atomic E-state index is -1.22. The molecule has 3 rings (SSSR count). The summed E-state index contributed by atoms with van der Waals surface area (Å²) >= 11 is 0. The van der Waals surface area contributed by atoms with Crippen LogP contribution < -0.4 is 10.1 Å². The van der Waals surface area contributed by atoms with Crippen molar-refractivity contribution in [3.8, 4) is 23.1 Å². The molecule has 0 saturated heterocycles. The Hall–Kier alpha value is -3.60. The maximum Gasteiger partial charge on any atom is 0.148 e. The van der Waals surface area contributed by atoms with Gasteiger partial charge in [-0.05, 0) is 42.8 Å². The minimum Gasteiger partial charge on any atom is -0.495 e. The van der Waals surface area contributed by atoms with E-state index in [2.05, 4.69) is 26.6 Å². The van der Waals surface area contributed by atoms with Gasteiger partial charge >= 0.3 is 0 Å². The maximum absolute atomic E-state index is 14.1. The highest BCUT2D eigenvalue weighted by atomic mass is 19.1. The van der Waals surface area contributed by atoms with Gasteiger partial charge in [0.15, 0.2) is 0 Å². The van der Waals surface area contributed by atoms with Crippen LogP contribution in [0.25, 0.3) is 11.3 Å². The number of rotatable bonds is 8. The van der Waals surface area contributed by atoms with E-state index in [-0.39, 0.29) is 18.5 Å². The normalized spacial score (nSPS) is 11.5. The highest BCUT2D eigenvalue weighted by molar-refractivity contribution is 5.71. The van der Waals surface area contributed by atoms with Gasteiger partial charge in [-0.3, -0.25) is 4.98 Å². The number of benzene rings is 1. The van der Waals surface area contributed by atoms with Crippen LogP contribution in [0.5, 0.6) is 5.75 Å². The molecule has 148 valence electrons. The van der Waals surface area contributed by atoms with Crippen molar-refractivity contribution >= 4 is 5.82 Å². The van der Waals surface area contributed by atoms with Crippen LogP contribution in [0.3, 0.4) is 0 Å². The number of aromatic nitrogens is 3. The first-order valence-corrected chi connectivity index (χ1v) is 9.01. The highest BCUT2D eigenvalue weighted by Crippen LogP contribution is 2.31. The van der Waals surface area contributed by atoms with E-state index >= 15 is 0 Å². The molecule has 0 amide bonds. The number of pyridine rings is 1. The van der Waals surface area contributed by atoms with Gasteiger partial charge in [0.2, 0.25) is 0 Å². The number of anilines is 1. The Bertz CT molecular complexity index is 1000. The molecule has 0 unspecified atom stereocenters. The average Bonchev–Trinajstić information content (AvgIpc) is 2.75. The van der Waals surface area contributed by atoms with E-state index in [1.807, 2.05) is 0 Å². The van der Waals surface area contributed by atoms with E-state index in [0.29, 0.717) is 34.9 Å². The summed E-state index contributed by atoms with van der Waals surface area (Å²) in [7, 11) is 1.49. The van der Waals surface area contributed by atoms with Gasteiger partial charge in [-0.25, -0.2) is 8.78 Å². The third-order valence-corrected chi connectivity index (χ3v) is 4.29. The standard InChI is InChI=1S/C21H19F2N5O/c1-29-21-14(13-24)4-2-5-16(21)18-7-8-20(28-27-18)26-11-9-15(22)12-19-17(23)6-3-10-25-19/h2-8,10,15H,9,11-12H2,1H3,(H,26,28)/t15-/m0/s1. The summed E-state index contributed by atoms with van der Waals surface area (Å²) < 4.78 is 32.9. The van der Waals surface area contributed by atoms with Crippen molar-refractivity contribution in [2.24, 2.45) is 0 Å². The summed E-state index contributed by atoms with van der Waals surface area (Å²) in [6.07, 6.45) is 0.324. The first-order valence-electron chi connectivity index (χ1n) is 9.01. The molecule has 1 N–H and O–H groups in total. The molecule has 2 heterocycles. The topological polar surface area (TPSA) is 83.7 Å². The average molecular weight is 395 g/mol. The second-order valence-corrected chi connectivity index (χ2v) is 6.25. The number of para-hydroxylation sites is 1. The number of nitrogens with one attached hydrogen (secondary N) is 1. The van der Waals surface area contributed by atoms with Crippen molar-refractivity contribution in [1.29, 1.82) is 5.26 Å². The molecule has 0 fully saturated rings. The van der Waals surface area contributed by atoms with Crippen molar-refractivity contribution < 1.29 is 13.5 Å². The SMILES string of the molecule is COc1c(C#N)cccc1-c1ccc(NCC[C@H](F)Cc2ncccc2F)nn1. The quantitative estimate of drug-likeness (QED) is 0.622. The zero-order valence-electron chi connectivity index (χ0n) is 15.8. The summed E-state index contributed by atoms with van der Waals surface area (Å²) in [5.74, 6) is 0.424. The number of nitriles is 1. The van der Waals surface area contributed by atoms with Crippen LogP contribution in [0.15, 0.2) is 48.7 Å². The molecule has 0 spiro atoms. The molecule has 2 aromatic heterocycles. The number of ether oxygens (including phenoxy) is 1. The lowest BCUT2D eigenvalue weighted by molar-refractivity contribution is 0.313. The van der Waals surface area contributed by atoms with Crippen LogP contribution in [-0.4, -0.2) is 35.0 Å². The number of alkyl halides is 1. The van der Waals surface area contributed by atoms with Gasteiger partial charge in [-0.1, -0.05) is 6.07 Å². The third kappa shape index (κ3) is 5.02. The lowest BCUT2D eigenvalue weighted by atomic mass is 10.1. The Morgan fingerprint density at radius 3 is 2.72 bits per heavy atom. The fourth-order valence-corrected chi connectivity index (χ4v) is 2.85. The summed E-state index contributed by atoms with van der Waals surface area (Å²) in [6.45, 7) is 0.316. The molecule has 8 heteroatoms. The Morgan fingerprint density at radius 1 is 1.17 bits per heavy atom. The second kappa shape index (κ2) is 9.55. The number of hydrogen-bond donors (Lipinski definition) is 1. The molecule has 0 aliphatic rings. The monoisotopic (exact) mass is 395 g/mol. The van der Waals surface area contributed by atoms with Gasteiger partial charge in [0.05, 0.1) is 24.1 Å². The van der Waals surface area contributed by atoms with Crippen molar-refractivity contribution in [2.75, 3.05) is 19.0 Å². The smallest absolute Gasteiger partial charge is 0.148 e. The van der Waals surface area contributed by atoms with Gasteiger partial charge in [-0.2, -0.15) is 5.26 Å². The van der Waals surface area contributed by atoms with E-state index in [0.717, 1.165) is 0 Å². The fourth-order valence-electron chi connectivity index (χ4n) is 2.85. The van der Waals surface area contributed by atoms with Crippen LogP contribution in [0.2, 0.25) is 0 Å². The number of nitrogens with zero attached hydrogens (tertiary/aromatic N) is 4. The predicted octanol–water partition coefficient (Wildman–Crippen LogP) is 3.94. The highest BCUT2D eigenvalue weighted by Gasteiger charge is 2.14. The van der Waals surface area contributed by atoms with Gasteiger partial charge in [0.25, 0.3) is 0 Å².